The molecule has 6 heteroatoms. The number of carbonyl (C=O) groups excluding carboxylic acids is 1. The average Bonchev–Trinajstić information content (AvgIpc) is 3.31. The zero-order valence-corrected chi connectivity index (χ0v) is 20.0. The third kappa shape index (κ3) is 8.74. The number of hydrogen-bond donors (Lipinski definition) is 2. The molecule has 1 amide bonds. The van der Waals surface area contributed by atoms with E-state index in [9.17, 15) is 4.79 Å². The lowest BCUT2D eigenvalue weighted by Crippen LogP contribution is -2.37. The Balaban J connectivity index is 0.00000113. The van der Waals surface area contributed by atoms with Gasteiger partial charge in [0.15, 0.2) is 5.69 Å². The third-order valence-electron chi connectivity index (χ3n) is 5.31. The summed E-state index contributed by atoms with van der Waals surface area (Å²) in [7, 11) is 0. The summed E-state index contributed by atoms with van der Waals surface area (Å²) in [6, 6.07) is 11.0. The van der Waals surface area contributed by atoms with Gasteiger partial charge in [0, 0.05) is 30.8 Å². The summed E-state index contributed by atoms with van der Waals surface area (Å²) in [5, 5.41) is 12.3. The van der Waals surface area contributed by atoms with Crippen LogP contribution in [0.4, 0.5) is 5.69 Å². The Morgan fingerprint density at radius 1 is 1.13 bits per heavy atom. The van der Waals surface area contributed by atoms with E-state index in [4.69, 9.17) is 9.73 Å². The molecule has 1 aliphatic rings. The van der Waals surface area contributed by atoms with Crippen LogP contribution in [0.3, 0.4) is 0 Å². The summed E-state index contributed by atoms with van der Waals surface area (Å²) in [6.07, 6.45) is 9.29. The Hall–Kier alpha value is -2.34. The fraction of sp³-hybridized carbons (Fsp3) is 0.600. The van der Waals surface area contributed by atoms with Crippen LogP contribution in [0.15, 0.2) is 34.9 Å². The fourth-order valence-corrected chi connectivity index (χ4v) is 3.90. The van der Waals surface area contributed by atoms with Crippen LogP contribution in [0.1, 0.15) is 94.5 Å². The van der Waals surface area contributed by atoms with E-state index in [-0.39, 0.29) is 5.69 Å². The Morgan fingerprint density at radius 2 is 1.84 bits per heavy atom. The van der Waals surface area contributed by atoms with Gasteiger partial charge in [-0.2, -0.15) is 0 Å². The molecule has 1 fully saturated rings. The molecule has 0 bridgehead atoms. The molecule has 3 rings (SSSR count). The van der Waals surface area contributed by atoms with Crippen molar-refractivity contribution >= 4 is 11.6 Å². The van der Waals surface area contributed by atoms with E-state index in [0.29, 0.717) is 11.8 Å². The number of anilines is 1. The number of unbranched alkanes of at least 4 members (excludes halogenated alkanes) is 1. The molecule has 0 atom stereocenters. The molecule has 2 N–H and O–H groups in total. The van der Waals surface area contributed by atoms with E-state index >= 15 is 0 Å². The third-order valence-corrected chi connectivity index (χ3v) is 5.31. The summed E-state index contributed by atoms with van der Waals surface area (Å²) in [5.74, 6) is 0.0290. The number of benzene rings is 1. The van der Waals surface area contributed by atoms with Gasteiger partial charge >= 0.3 is 0 Å². The van der Waals surface area contributed by atoms with Crippen molar-refractivity contribution in [2.45, 2.75) is 92.0 Å². The van der Waals surface area contributed by atoms with Crippen molar-refractivity contribution in [1.82, 2.24) is 10.6 Å². The maximum Gasteiger partial charge on any atom is 0.296 e. The molecule has 1 aliphatic carbocycles. The second kappa shape index (κ2) is 15.5. The van der Waals surface area contributed by atoms with Crippen molar-refractivity contribution in [3.63, 3.8) is 0 Å². The Bertz CT molecular complexity index is 739. The summed E-state index contributed by atoms with van der Waals surface area (Å²) in [6.45, 7) is 11.2. The highest BCUT2D eigenvalue weighted by Crippen LogP contribution is 2.28. The Morgan fingerprint density at radius 3 is 2.48 bits per heavy atom. The zero-order valence-electron chi connectivity index (χ0n) is 20.0. The van der Waals surface area contributed by atoms with Crippen LogP contribution in [0, 0.1) is 6.92 Å². The minimum absolute atomic E-state index is 0.107. The Kier molecular flexibility index (Phi) is 13.3. The van der Waals surface area contributed by atoms with Crippen LogP contribution in [-0.2, 0) is 6.42 Å². The van der Waals surface area contributed by atoms with E-state index < -0.39 is 5.91 Å². The SMILES string of the molecule is CC.CC.Cc1cccc(N(CCCCc2cc(C(=O)NO)no2)C2CCCCC2)c1. The zero-order chi connectivity index (χ0) is 23.1. The normalized spacial score (nSPS) is 13.4. The van der Waals surface area contributed by atoms with Crippen molar-refractivity contribution < 1.29 is 14.5 Å². The maximum atomic E-state index is 11.3. The van der Waals surface area contributed by atoms with Gasteiger partial charge in [-0.3, -0.25) is 10.0 Å². The molecule has 31 heavy (non-hydrogen) atoms. The van der Waals surface area contributed by atoms with Gasteiger partial charge in [-0.25, -0.2) is 5.48 Å². The number of rotatable bonds is 8. The van der Waals surface area contributed by atoms with Crippen molar-refractivity contribution in [2.24, 2.45) is 0 Å². The fourth-order valence-electron chi connectivity index (χ4n) is 3.90. The van der Waals surface area contributed by atoms with Gasteiger partial charge in [0.1, 0.15) is 5.76 Å². The number of aryl methyl sites for hydroxylation is 2. The highest BCUT2D eigenvalue weighted by Gasteiger charge is 2.21. The molecule has 6 nitrogen and oxygen atoms in total. The second-order valence-corrected chi connectivity index (χ2v) is 7.40. The van der Waals surface area contributed by atoms with E-state index in [0.717, 1.165) is 25.8 Å². The van der Waals surface area contributed by atoms with Crippen molar-refractivity contribution in [1.29, 1.82) is 0 Å². The largest absolute Gasteiger partial charge is 0.369 e. The molecule has 1 aromatic carbocycles. The lowest BCUT2D eigenvalue weighted by Gasteiger charge is -2.36. The van der Waals surface area contributed by atoms with Crippen molar-refractivity contribution in [2.75, 3.05) is 11.4 Å². The van der Waals surface area contributed by atoms with Gasteiger partial charge in [0.25, 0.3) is 5.91 Å². The van der Waals surface area contributed by atoms with Gasteiger partial charge in [-0.05, 0) is 50.3 Å². The number of hydrogen-bond acceptors (Lipinski definition) is 5. The highest BCUT2D eigenvalue weighted by atomic mass is 16.5. The summed E-state index contributed by atoms with van der Waals surface area (Å²) in [4.78, 5) is 13.9. The van der Waals surface area contributed by atoms with Crippen LogP contribution in [-0.4, -0.2) is 28.9 Å². The van der Waals surface area contributed by atoms with Gasteiger partial charge in [-0.15, -0.1) is 0 Å². The summed E-state index contributed by atoms with van der Waals surface area (Å²) >= 11 is 0. The van der Waals surface area contributed by atoms with E-state index in [2.05, 4.69) is 41.2 Å². The van der Waals surface area contributed by atoms with Gasteiger partial charge in [0.2, 0.25) is 0 Å². The van der Waals surface area contributed by atoms with Gasteiger partial charge in [0.05, 0.1) is 0 Å². The molecule has 0 radical (unpaired) electrons. The second-order valence-electron chi connectivity index (χ2n) is 7.40. The number of aromatic nitrogens is 1. The van der Waals surface area contributed by atoms with E-state index in [1.165, 1.54) is 43.4 Å². The number of nitrogens with one attached hydrogen (secondary N) is 1. The van der Waals surface area contributed by atoms with Crippen LogP contribution >= 0.6 is 0 Å². The molecular weight excluding hydrogens is 390 g/mol. The summed E-state index contributed by atoms with van der Waals surface area (Å²) in [5.41, 5.74) is 4.29. The summed E-state index contributed by atoms with van der Waals surface area (Å²) < 4.78 is 5.18. The monoisotopic (exact) mass is 431 g/mol. The van der Waals surface area contributed by atoms with E-state index in [1.54, 1.807) is 11.5 Å². The molecule has 0 aliphatic heterocycles. The molecule has 0 unspecified atom stereocenters. The van der Waals surface area contributed by atoms with Crippen molar-refractivity contribution in [3.8, 4) is 0 Å². The molecule has 0 saturated heterocycles. The molecule has 1 saturated carbocycles. The number of carbonyl (C=O) groups is 1. The van der Waals surface area contributed by atoms with Crippen LogP contribution < -0.4 is 10.4 Å². The van der Waals surface area contributed by atoms with Crippen LogP contribution in [0.2, 0.25) is 0 Å². The lowest BCUT2D eigenvalue weighted by molar-refractivity contribution is 0.0696. The first-order valence-electron chi connectivity index (χ1n) is 11.9. The van der Waals surface area contributed by atoms with E-state index in [1.807, 2.05) is 27.7 Å². The van der Waals surface area contributed by atoms with Crippen molar-refractivity contribution in [3.05, 3.63) is 47.3 Å². The number of amides is 1. The predicted molar refractivity (Wildman–Crippen MR) is 127 cm³/mol. The molecule has 1 aromatic heterocycles. The molecular formula is C25H41N3O3. The first-order valence-corrected chi connectivity index (χ1v) is 11.9. The standard InChI is InChI=1S/C21H29N3O3.2C2H6/c1-16-8-7-11-18(14-16)24(17-9-3-2-4-10-17)13-6-5-12-19-15-20(23-27-19)21(25)22-26;2*1-2/h7-8,11,14-15,17,26H,2-6,9-10,12-13H2,1H3,(H,22,25);2*1-2H3. The Labute approximate surface area is 188 Å². The number of nitrogens with zero attached hydrogens (tertiary/aromatic N) is 2. The topological polar surface area (TPSA) is 78.6 Å². The average molecular weight is 432 g/mol. The maximum absolute atomic E-state index is 11.3. The molecule has 1 heterocycles. The van der Waals surface area contributed by atoms with Gasteiger partial charge in [-0.1, -0.05) is 64.2 Å². The number of hydroxylamine groups is 1. The highest BCUT2D eigenvalue weighted by molar-refractivity contribution is 5.91. The quantitative estimate of drug-likeness (QED) is 0.291. The van der Waals surface area contributed by atoms with Crippen LogP contribution in [0.25, 0.3) is 0 Å². The first kappa shape index (κ1) is 26.7. The molecule has 174 valence electrons. The first-order chi connectivity index (χ1) is 15.2. The lowest BCUT2D eigenvalue weighted by atomic mass is 9.93. The van der Waals surface area contributed by atoms with Crippen LogP contribution in [0.5, 0.6) is 0 Å². The smallest absolute Gasteiger partial charge is 0.296 e. The molecule has 0 spiro atoms. The molecule has 2 aromatic rings. The van der Waals surface area contributed by atoms with Gasteiger partial charge < -0.3 is 9.42 Å². The minimum atomic E-state index is -0.645. The minimum Gasteiger partial charge on any atom is -0.369 e. The predicted octanol–water partition coefficient (Wildman–Crippen LogP) is 6.32.